The molecule has 0 saturated carbocycles. The van der Waals surface area contributed by atoms with Crippen LogP contribution in [0.4, 0.5) is 5.69 Å². The van der Waals surface area contributed by atoms with Crippen LogP contribution in [0.15, 0.2) is 64.8 Å². The summed E-state index contributed by atoms with van der Waals surface area (Å²) in [6.07, 6.45) is 1.70. The molecule has 0 aliphatic carbocycles. The first-order valence-corrected chi connectivity index (χ1v) is 8.44. The Morgan fingerprint density at radius 1 is 0.920 bits per heavy atom. The van der Waals surface area contributed by atoms with Crippen LogP contribution in [-0.2, 0) is 6.54 Å². The highest BCUT2D eigenvalue weighted by molar-refractivity contribution is 5.88. The lowest BCUT2D eigenvalue weighted by Crippen LogP contribution is -2.46. The largest absolute Gasteiger partial charge is 0.369 e. The van der Waals surface area contributed by atoms with Gasteiger partial charge in [-0.2, -0.15) is 5.10 Å². The van der Waals surface area contributed by atoms with E-state index in [1.54, 1.807) is 6.21 Å². The molecule has 2 aromatic carbocycles. The molecule has 6 heteroatoms. The van der Waals surface area contributed by atoms with Crippen LogP contribution < -0.4 is 16.4 Å². The Kier molecular flexibility index (Phi) is 5.64. The number of guanidine groups is 1. The van der Waals surface area contributed by atoms with Gasteiger partial charge < -0.3 is 16.4 Å². The molecule has 4 N–H and O–H groups in total. The van der Waals surface area contributed by atoms with Gasteiger partial charge in [0.05, 0.1) is 6.21 Å². The summed E-state index contributed by atoms with van der Waals surface area (Å²) >= 11 is 0. The van der Waals surface area contributed by atoms with Gasteiger partial charge in [0.15, 0.2) is 0 Å². The number of benzene rings is 2. The highest BCUT2D eigenvalue weighted by Gasteiger charge is 2.18. The zero-order valence-electron chi connectivity index (χ0n) is 14.3. The van der Waals surface area contributed by atoms with Gasteiger partial charge in [0.25, 0.3) is 0 Å². The minimum absolute atomic E-state index is 0.0387. The molecule has 0 amide bonds. The Labute approximate surface area is 148 Å². The quantitative estimate of drug-likeness (QED) is 0.494. The zero-order valence-corrected chi connectivity index (χ0v) is 14.3. The number of nitrogens with two attached hydrogens (primary N) is 2. The van der Waals surface area contributed by atoms with Gasteiger partial charge in [-0.15, -0.1) is 5.10 Å². The fourth-order valence-electron chi connectivity index (χ4n) is 3.03. The highest BCUT2D eigenvalue weighted by atomic mass is 15.3. The van der Waals surface area contributed by atoms with Gasteiger partial charge in [0, 0.05) is 44.0 Å². The van der Waals surface area contributed by atoms with E-state index in [4.69, 9.17) is 11.5 Å². The molecule has 0 radical (unpaired) electrons. The van der Waals surface area contributed by atoms with Gasteiger partial charge in [-0.1, -0.05) is 48.5 Å². The lowest BCUT2D eigenvalue weighted by atomic mass is 10.1. The van der Waals surface area contributed by atoms with E-state index in [0.717, 1.165) is 44.0 Å². The Hall–Kier alpha value is -2.86. The van der Waals surface area contributed by atoms with E-state index in [9.17, 15) is 0 Å². The number of anilines is 1. The minimum atomic E-state index is -0.0387. The molecule has 1 saturated heterocycles. The lowest BCUT2D eigenvalue weighted by molar-refractivity contribution is 0.250. The molecule has 2 aromatic rings. The Morgan fingerprint density at radius 3 is 2.32 bits per heavy atom. The fourth-order valence-corrected chi connectivity index (χ4v) is 3.03. The first-order valence-electron chi connectivity index (χ1n) is 8.44. The fraction of sp³-hybridized carbons (Fsp3) is 0.263. The topological polar surface area (TPSA) is 83.2 Å². The molecule has 0 spiro atoms. The molecule has 130 valence electrons. The summed E-state index contributed by atoms with van der Waals surface area (Å²) in [6, 6.07) is 18.8. The van der Waals surface area contributed by atoms with Crippen molar-refractivity contribution in [2.75, 3.05) is 31.1 Å². The predicted molar refractivity (Wildman–Crippen MR) is 104 cm³/mol. The smallest absolute Gasteiger partial charge is 0.211 e. The van der Waals surface area contributed by atoms with Crippen LogP contribution in [0.5, 0.6) is 0 Å². The molecule has 6 nitrogen and oxygen atoms in total. The lowest BCUT2D eigenvalue weighted by Gasteiger charge is -2.36. The predicted octanol–water partition coefficient (Wildman–Crippen LogP) is 1.62. The summed E-state index contributed by atoms with van der Waals surface area (Å²) in [6.45, 7) is 5.05. The molecule has 0 unspecified atom stereocenters. The van der Waals surface area contributed by atoms with Crippen molar-refractivity contribution in [2.45, 2.75) is 6.54 Å². The summed E-state index contributed by atoms with van der Waals surface area (Å²) in [5, 5.41) is 7.62. The molecule has 3 rings (SSSR count). The van der Waals surface area contributed by atoms with Crippen molar-refractivity contribution in [3.8, 4) is 0 Å². The average molecular weight is 336 g/mol. The van der Waals surface area contributed by atoms with Crippen LogP contribution in [0.25, 0.3) is 0 Å². The number of para-hydroxylation sites is 1. The summed E-state index contributed by atoms with van der Waals surface area (Å²) in [5.41, 5.74) is 14.2. The molecule has 1 heterocycles. The maximum Gasteiger partial charge on any atom is 0.211 e. The monoisotopic (exact) mass is 336 g/mol. The van der Waals surface area contributed by atoms with Gasteiger partial charge in [-0.3, -0.25) is 4.90 Å². The SMILES string of the molecule is NC(N)=NN=Cc1ccccc1N1CCN(Cc2ccccc2)CC1. The molecule has 25 heavy (non-hydrogen) atoms. The van der Waals surface area contributed by atoms with Crippen LogP contribution in [-0.4, -0.2) is 43.3 Å². The second kappa shape index (κ2) is 8.30. The molecule has 1 fully saturated rings. The second-order valence-electron chi connectivity index (χ2n) is 6.08. The van der Waals surface area contributed by atoms with Crippen molar-refractivity contribution < 1.29 is 0 Å². The second-order valence-corrected chi connectivity index (χ2v) is 6.08. The van der Waals surface area contributed by atoms with E-state index < -0.39 is 0 Å². The maximum absolute atomic E-state index is 5.31. The van der Waals surface area contributed by atoms with E-state index in [2.05, 4.69) is 56.4 Å². The Balaban J connectivity index is 1.63. The summed E-state index contributed by atoms with van der Waals surface area (Å²) < 4.78 is 0. The van der Waals surface area contributed by atoms with Crippen molar-refractivity contribution in [3.05, 3.63) is 65.7 Å². The highest BCUT2D eigenvalue weighted by Crippen LogP contribution is 2.21. The van der Waals surface area contributed by atoms with Gasteiger partial charge in [0.1, 0.15) is 0 Å². The molecule has 1 aliphatic rings. The van der Waals surface area contributed by atoms with Crippen LogP contribution in [0.3, 0.4) is 0 Å². The van der Waals surface area contributed by atoms with Crippen LogP contribution in [0, 0.1) is 0 Å². The third-order valence-corrected chi connectivity index (χ3v) is 4.27. The van der Waals surface area contributed by atoms with Crippen molar-refractivity contribution in [1.82, 2.24) is 4.90 Å². The number of hydrogen-bond acceptors (Lipinski definition) is 4. The number of rotatable bonds is 5. The summed E-state index contributed by atoms with van der Waals surface area (Å²) in [5.74, 6) is -0.0387. The van der Waals surface area contributed by atoms with E-state index >= 15 is 0 Å². The minimum Gasteiger partial charge on any atom is -0.369 e. The van der Waals surface area contributed by atoms with Crippen molar-refractivity contribution in [2.24, 2.45) is 21.7 Å². The molecule has 1 aliphatic heterocycles. The number of nitrogens with zero attached hydrogens (tertiary/aromatic N) is 4. The van der Waals surface area contributed by atoms with E-state index in [-0.39, 0.29) is 5.96 Å². The normalized spacial score (nSPS) is 15.4. The van der Waals surface area contributed by atoms with Crippen LogP contribution >= 0.6 is 0 Å². The van der Waals surface area contributed by atoms with E-state index in [0.29, 0.717) is 0 Å². The first-order chi connectivity index (χ1) is 12.2. The molecule has 0 bridgehead atoms. The van der Waals surface area contributed by atoms with Gasteiger partial charge >= 0.3 is 0 Å². The standard InChI is InChI=1S/C19H24N6/c20-19(21)23-22-14-17-8-4-5-9-18(17)25-12-10-24(11-13-25)15-16-6-2-1-3-7-16/h1-9,14H,10-13,15H2,(H4,20,21,23). The van der Waals surface area contributed by atoms with Gasteiger partial charge in [0.2, 0.25) is 5.96 Å². The number of piperazine rings is 1. The van der Waals surface area contributed by atoms with Gasteiger partial charge in [-0.25, -0.2) is 0 Å². The third-order valence-electron chi connectivity index (χ3n) is 4.27. The van der Waals surface area contributed by atoms with Crippen LogP contribution in [0.2, 0.25) is 0 Å². The molecular weight excluding hydrogens is 312 g/mol. The molecular formula is C19H24N6. The van der Waals surface area contributed by atoms with Crippen LogP contribution in [0.1, 0.15) is 11.1 Å². The third kappa shape index (κ3) is 4.81. The summed E-state index contributed by atoms with van der Waals surface area (Å²) in [4.78, 5) is 4.88. The average Bonchev–Trinajstić information content (AvgIpc) is 2.63. The first kappa shape index (κ1) is 17.0. The Bertz CT molecular complexity index is 729. The van der Waals surface area contributed by atoms with Crippen molar-refractivity contribution in [1.29, 1.82) is 0 Å². The molecule has 0 atom stereocenters. The zero-order chi connectivity index (χ0) is 17.5. The molecule has 0 aromatic heterocycles. The maximum atomic E-state index is 5.31. The number of hydrogen-bond donors (Lipinski definition) is 2. The van der Waals surface area contributed by atoms with E-state index in [1.807, 2.05) is 18.2 Å². The van der Waals surface area contributed by atoms with Crippen molar-refractivity contribution >= 4 is 17.9 Å². The van der Waals surface area contributed by atoms with Crippen molar-refractivity contribution in [3.63, 3.8) is 0 Å². The van der Waals surface area contributed by atoms with E-state index in [1.165, 1.54) is 5.56 Å². The summed E-state index contributed by atoms with van der Waals surface area (Å²) in [7, 11) is 0. The Morgan fingerprint density at radius 2 is 1.60 bits per heavy atom. The van der Waals surface area contributed by atoms with Gasteiger partial charge in [-0.05, 0) is 11.6 Å².